The summed E-state index contributed by atoms with van der Waals surface area (Å²) >= 11 is 0. The number of carbonyl (C=O) groups is 1. The van der Waals surface area contributed by atoms with Crippen LogP contribution in [0.5, 0.6) is 0 Å². The van der Waals surface area contributed by atoms with Crippen LogP contribution in [-0.4, -0.2) is 30.8 Å². The molecule has 0 fully saturated rings. The second-order valence-electron chi connectivity index (χ2n) is 4.30. The Kier molecular flexibility index (Phi) is 4.06. The molecule has 0 atom stereocenters. The number of rotatable bonds is 5. The maximum Gasteiger partial charge on any atom is 0.342 e. The monoisotopic (exact) mass is 262 g/mol. The SMILES string of the molecule is CCOCCOC(=O)c1c(N)[nH]c2ccc(C)cc12. The van der Waals surface area contributed by atoms with Crippen LogP contribution in [0, 0.1) is 6.92 Å². The highest BCUT2D eigenvalue weighted by Crippen LogP contribution is 2.25. The number of nitrogen functional groups attached to an aromatic ring is 1. The van der Waals surface area contributed by atoms with E-state index in [2.05, 4.69) is 4.98 Å². The number of nitrogens with two attached hydrogens (primary N) is 1. The van der Waals surface area contributed by atoms with E-state index in [1.807, 2.05) is 32.0 Å². The van der Waals surface area contributed by atoms with Crippen LogP contribution >= 0.6 is 0 Å². The van der Waals surface area contributed by atoms with E-state index in [1.165, 1.54) is 0 Å². The number of aromatic nitrogens is 1. The Balaban J connectivity index is 2.21. The first-order chi connectivity index (χ1) is 9.13. The summed E-state index contributed by atoms with van der Waals surface area (Å²) in [5, 5.41) is 0.791. The van der Waals surface area contributed by atoms with Gasteiger partial charge in [0.05, 0.1) is 6.61 Å². The van der Waals surface area contributed by atoms with Crippen LogP contribution in [0.2, 0.25) is 0 Å². The molecule has 1 aromatic heterocycles. The summed E-state index contributed by atoms with van der Waals surface area (Å²) in [6.45, 7) is 5.08. The van der Waals surface area contributed by atoms with Crippen molar-refractivity contribution in [3.8, 4) is 0 Å². The molecular formula is C14H18N2O3. The first kappa shape index (κ1) is 13.4. The van der Waals surface area contributed by atoms with E-state index in [0.717, 1.165) is 16.5 Å². The highest BCUT2D eigenvalue weighted by Gasteiger charge is 2.18. The summed E-state index contributed by atoms with van der Waals surface area (Å²) in [7, 11) is 0. The Bertz CT molecular complexity index is 590. The molecule has 0 saturated heterocycles. The van der Waals surface area contributed by atoms with Crippen molar-refractivity contribution in [2.45, 2.75) is 13.8 Å². The molecule has 1 aromatic carbocycles. The maximum atomic E-state index is 12.0. The molecule has 2 aromatic rings. The molecule has 5 nitrogen and oxygen atoms in total. The number of ether oxygens (including phenoxy) is 2. The zero-order valence-electron chi connectivity index (χ0n) is 11.2. The van der Waals surface area contributed by atoms with Gasteiger partial charge in [-0.15, -0.1) is 0 Å². The number of benzene rings is 1. The maximum absolute atomic E-state index is 12.0. The van der Waals surface area contributed by atoms with Gasteiger partial charge in [-0.05, 0) is 26.0 Å². The number of esters is 1. The lowest BCUT2D eigenvalue weighted by atomic mass is 10.1. The molecule has 3 N–H and O–H groups in total. The molecule has 2 rings (SSSR count). The van der Waals surface area contributed by atoms with Crippen LogP contribution in [0.25, 0.3) is 10.9 Å². The number of H-pyrrole nitrogens is 1. The van der Waals surface area contributed by atoms with Crippen molar-refractivity contribution in [3.05, 3.63) is 29.3 Å². The average Bonchev–Trinajstić information content (AvgIpc) is 2.70. The van der Waals surface area contributed by atoms with Gasteiger partial charge in [0.2, 0.25) is 0 Å². The van der Waals surface area contributed by atoms with Gasteiger partial charge in [0, 0.05) is 17.5 Å². The van der Waals surface area contributed by atoms with Crippen LogP contribution < -0.4 is 5.73 Å². The van der Waals surface area contributed by atoms with Crippen molar-refractivity contribution in [2.24, 2.45) is 0 Å². The van der Waals surface area contributed by atoms with Gasteiger partial charge in [0.15, 0.2) is 0 Å². The van der Waals surface area contributed by atoms with Crippen molar-refractivity contribution in [1.82, 2.24) is 4.98 Å². The average molecular weight is 262 g/mol. The Labute approximate surface area is 111 Å². The first-order valence-corrected chi connectivity index (χ1v) is 6.26. The van der Waals surface area contributed by atoms with Crippen molar-refractivity contribution >= 4 is 22.7 Å². The molecule has 0 amide bonds. The molecule has 0 bridgehead atoms. The number of anilines is 1. The minimum atomic E-state index is -0.422. The third-order valence-corrected chi connectivity index (χ3v) is 2.85. The standard InChI is InChI=1S/C14H18N2O3/c1-3-18-6-7-19-14(17)12-10-8-9(2)4-5-11(10)16-13(12)15/h4-5,8,16H,3,6-7,15H2,1-2H3. The first-order valence-electron chi connectivity index (χ1n) is 6.26. The van der Waals surface area contributed by atoms with Crippen molar-refractivity contribution in [3.63, 3.8) is 0 Å². The third-order valence-electron chi connectivity index (χ3n) is 2.85. The summed E-state index contributed by atoms with van der Waals surface area (Å²) in [6, 6.07) is 5.78. The number of carbonyl (C=O) groups excluding carboxylic acids is 1. The molecule has 0 aliphatic carbocycles. The van der Waals surface area contributed by atoms with E-state index in [4.69, 9.17) is 15.2 Å². The van der Waals surface area contributed by atoms with Crippen molar-refractivity contribution in [2.75, 3.05) is 25.6 Å². The largest absolute Gasteiger partial charge is 0.460 e. The van der Waals surface area contributed by atoms with Gasteiger partial charge >= 0.3 is 5.97 Å². The summed E-state index contributed by atoms with van der Waals surface area (Å²) < 4.78 is 10.3. The molecule has 5 heteroatoms. The summed E-state index contributed by atoms with van der Waals surface area (Å²) in [5.41, 5.74) is 8.14. The minimum Gasteiger partial charge on any atom is -0.460 e. The van der Waals surface area contributed by atoms with Crippen LogP contribution in [0.4, 0.5) is 5.82 Å². The normalized spacial score (nSPS) is 10.8. The molecule has 0 unspecified atom stereocenters. The van der Waals surface area contributed by atoms with Crippen LogP contribution in [0.15, 0.2) is 18.2 Å². The van der Waals surface area contributed by atoms with Gasteiger partial charge in [-0.25, -0.2) is 4.79 Å². The fraction of sp³-hybridized carbons (Fsp3) is 0.357. The predicted molar refractivity (Wildman–Crippen MR) is 74.2 cm³/mol. The van der Waals surface area contributed by atoms with Crippen molar-refractivity contribution < 1.29 is 14.3 Å². The highest BCUT2D eigenvalue weighted by molar-refractivity contribution is 6.09. The zero-order chi connectivity index (χ0) is 13.8. The number of aryl methyl sites for hydroxylation is 1. The summed E-state index contributed by atoms with van der Waals surface area (Å²) in [6.07, 6.45) is 0. The van der Waals surface area contributed by atoms with Gasteiger partial charge in [-0.1, -0.05) is 11.6 Å². The molecule has 0 aliphatic heterocycles. The van der Waals surface area contributed by atoms with Crippen LogP contribution in [0.1, 0.15) is 22.8 Å². The van der Waals surface area contributed by atoms with E-state index < -0.39 is 5.97 Å². The van der Waals surface area contributed by atoms with Crippen molar-refractivity contribution in [1.29, 1.82) is 0 Å². The zero-order valence-corrected chi connectivity index (χ0v) is 11.2. The molecular weight excluding hydrogens is 244 g/mol. The van der Waals surface area contributed by atoms with E-state index >= 15 is 0 Å². The molecule has 0 radical (unpaired) electrons. The van der Waals surface area contributed by atoms with E-state index in [1.54, 1.807) is 0 Å². The third kappa shape index (κ3) is 2.88. The number of hydrogen-bond donors (Lipinski definition) is 2. The van der Waals surface area contributed by atoms with E-state index in [9.17, 15) is 4.79 Å². The van der Waals surface area contributed by atoms with E-state index in [-0.39, 0.29) is 6.61 Å². The second kappa shape index (κ2) is 5.75. The number of nitrogens with one attached hydrogen (secondary N) is 1. The summed E-state index contributed by atoms with van der Waals surface area (Å²) in [5.74, 6) is -0.0870. The lowest BCUT2D eigenvalue weighted by Gasteiger charge is -2.05. The molecule has 19 heavy (non-hydrogen) atoms. The topological polar surface area (TPSA) is 77.3 Å². The molecule has 0 aliphatic rings. The molecule has 0 saturated carbocycles. The Morgan fingerprint density at radius 2 is 2.16 bits per heavy atom. The van der Waals surface area contributed by atoms with E-state index in [0.29, 0.717) is 24.6 Å². The molecule has 102 valence electrons. The van der Waals surface area contributed by atoms with Gasteiger partial charge < -0.3 is 20.2 Å². The van der Waals surface area contributed by atoms with Crippen LogP contribution in [0.3, 0.4) is 0 Å². The lowest BCUT2D eigenvalue weighted by molar-refractivity contribution is 0.0338. The molecule has 1 heterocycles. The fourth-order valence-electron chi connectivity index (χ4n) is 1.96. The van der Waals surface area contributed by atoms with Gasteiger partial charge in [0.1, 0.15) is 18.0 Å². The Morgan fingerprint density at radius 1 is 1.37 bits per heavy atom. The van der Waals surface area contributed by atoms with Gasteiger partial charge in [-0.3, -0.25) is 0 Å². The Morgan fingerprint density at radius 3 is 2.89 bits per heavy atom. The Hall–Kier alpha value is -2.01. The van der Waals surface area contributed by atoms with Crippen LogP contribution in [-0.2, 0) is 9.47 Å². The number of hydrogen-bond acceptors (Lipinski definition) is 4. The van der Waals surface area contributed by atoms with Gasteiger partial charge in [-0.2, -0.15) is 0 Å². The number of aromatic amines is 1. The number of fused-ring (bicyclic) bond motifs is 1. The van der Waals surface area contributed by atoms with Gasteiger partial charge in [0.25, 0.3) is 0 Å². The molecule has 0 spiro atoms. The lowest BCUT2D eigenvalue weighted by Crippen LogP contribution is -2.12. The highest BCUT2D eigenvalue weighted by atomic mass is 16.6. The fourth-order valence-corrected chi connectivity index (χ4v) is 1.96. The smallest absolute Gasteiger partial charge is 0.342 e. The predicted octanol–water partition coefficient (Wildman–Crippen LogP) is 2.25. The quantitative estimate of drug-likeness (QED) is 0.640. The second-order valence-corrected chi connectivity index (χ2v) is 4.30. The minimum absolute atomic E-state index is 0.227. The summed E-state index contributed by atoms with van der Waals surface area (Å²) in [4.78, 5) is 15.0.